The molecule has 6 heteroatoms. The van der Waals surface area contributed by atoms with Gasteiger partial charge in [0.15, 0.2) is 6.10 Å². The molecule has 20 heavy (non-hydrogen) atoms. The molecule has 2 heterocycles. The fourth-order valence-electron chi connectivity index (χ4n) is 2.30. The Morgan fingerprint density at radius 3 is 2.70 bits per heavy atom. The van der Waals surface area contributed by atoms with Gasteiger partial charge < -0.3 is 23.8 Å². The highest BCUT2D eigenvalue weighted by molar-refractivity contribution is 6.04. The molecule has 2 aliphatic heterocycles. The number of fused-ring (bicyclic) bond motifs is 1. The van der Waals surface area contributed by atoms with Gasteiger partial charge in [-0.3, -0.25) is 0 Å². The lowest BCUT2D eigenvalue weighted by atomic mass is 10.0. The van der Waals surface area contributed by atoms with Crippen molar-refractivity contribution in [3.8, 4) is 0 Å². The first kappa shape index (κ1) is 13.5. The third-order valence-corrected chi connectivity index (χ3v) is 3.21. The standard InChI is InChI=1S/C14H17NO5/c1-3-17-13-12-11(18-14(16-2)19-12)10(15-20-13)9-7-5-4-6-8-9/h4-8,11-14H,3H2,1-2H3/t11-,12-,13-,14?/m0/s1. The lowest BCUT2D eigenvalue weighted by Gasteiger charge is -2.29. The molecule has 1 saturated heterocycles. The third-order valence-electron chi connectivity index (χ3n) is 3.21. The lowest BCUT2D eigenvalue weighted by Crippen LogP contribution is -2.46. The molecule has 1 aromatic carbocycles. The summed E-state index contributed by atoms with van der Waals surface area (Å²) in [6, 6.07) is 9.71. The van der Waals surface area contributed by atoms with Crippen LogP contribution in [0.5, 0.6) is 0 Å². The molecule has 0 bridgehead atoms. The van der Waals surface area contributed by atoms with Crippen molar-refractivity contribution >= 4 is 5.71 Å². The molecule has 0 radical (unpaired) electrons. The highest BCUT2D eigenvalue weighted by Crippen LogP contribution is 2.31. The maximum absolute atomic E-state index is 5.72. The van der Waals surface area contributed by atoms with Crippen molar-refractivity contribution in [3.63, 3.8) is 0 Å². The van der Waals surface area contributed by atoms with E-state index in [2.05, 4.69) is 5.16 Å². The van der Waals surface area contributed by atoms with Gasteiger partial charge in [-0.15, -0.1) is 0 Å². The van der Waals surface area contributed by atoms with Crippen molar-refractivity contribution in [1.29, 1.82) is 0 Å². The van der Waals surface area contributed by atoms with Gasteiger partial charge >= 0.3 is 0 Å². The van der Waals surface area contributed by atoms with E-state index >= 15 is 0 Å². The van der Waals surface area contributed by atoms with E-state index in [-0.39, 0.29) is 6.10 Å². The molecule has 3 rings (SSSR count). The van der Waals surface area contributed by atoms with Crippen molar-refractivity contribution in [3.05, 3.63) is 35.9 Å². The predicted octanol–water partition coefficient (Wildman–Crippen LogP) is 1.50. The Bertz CT molecular complexity index is 478. The highest BCUT2D eigenvalue weighted by atomic mass is 16.9. The zero-order chi connectivity index (χ0) is 13.9. The monoisotopic (exact) mass is 279 g/mol. The van der Waals surface area contributed by atoms with Crippen LogP contribution in [0.2, 0.25) is 0 Å². The molecule has 6 nitrogen and oxygen atoms in total. The van der Waals surface area contributed by atoms with Crippen LogP contribution in [-0.2, 0) is 23.8 Å². The molecular weight excluding hydrogens is 262 g/mol. The Morgan fingerprint density at radius 1 is 1.20 bits per heavy atom. The Hall–Kier alpha value is -1.47. The predicted molar refractivity (Wildman–Crippen MR) is 70.0 cm³/mol. The summed E-state index contributed by atoms with van der Waals surface area (Å²) < 4.78 is 22.0. The van der Waals surface area contributed by atoms with E-state index in [1.165, 1.54) is 7.11 Å². The minimum atomic E-state index is -0.733. The van der Waals surface area contributed by atoms with E-state index in [0.717, 1.165) is 5.56 Å². The second kappa shape index (κ2) is 5.88. The van der Waals surface area contributed by atoms with Crippen LogP contribution in [-0.4, -0.2) is 44.4 Å². The van der Waals surface area contributed by atoms with Crippen molar-refractivity contribution in [2.24, 2.45) is 5.16 Å². The van der Waals surface area contributed by atoms with Crippen LogP contribution in [0.4, 0.5) is 0 Å². The summed E-state index contributed by atoms with van der Waals surface area (Å²) in [6.07, 6.45) is -1.35. The number of hydrogen-bond donors (Lipinski definition) is 0. The van der Waals surface area contributed by atoms with Crippen molar-refractivity contribution < 1.29 is 23.8 Å². The van der Waals surface area contributed by atoms with Crippen LogP contribution in [0.3, 0.4) is 0 Å². The lowest BCUT2D eigenvalue weighted by molar-refractivity contribution is -0.253. The average molecular weight is 279 g/mol. The molecule has 108 valence electrons. The fourth-order valence-corrected chi connectivity index (χ4v) is 2.30. The maximum atomic E-state index is 5.72. The van der Waals surface area contributed by atoms with Gasteiger partial charge in [-0.1, -0.05) is 35.5 Å². The molecule has 1 aromatic rings. The topological polar surface area (TPSA) is 58.5 Å². The summed E-state index contributed by atoms with van der Waals surface area (Å²) in [5.41, 5.74) is 1.61. The number of benzene rings is 1. The first-order valence-corrected chi connectivity index (χ1v) is 6.58. The molecule has 0 aliphatic carbocycles. The van der Waals surface area contributed by atoms with E-state index in [1.807, 2.05) is 37.3 Å². The molecular formula is C14H17NO5. The normalized spacial score (nSPS) is 32.4. The number of methoxy groups -OCH3 is 1. The number of nitrogens with zero attached hydrogens (tertiary/aromatic N) is 1. The molecule has 1 unspecified atom stereocenters. The number of oxime groups is 1. The SMILES string of the molecule is CCO[C@H]1ON=C(c2ccccc2)[C@@H]2OC(OC)O[C@H]12. The Morgan fingerprint density at radius 2 is 2.00 bits per heavy atom. The van der Waals surface area contributed by atoms with Crippen LogP contribution in [0.15, 0.2) is 35.5 Å². The van der Waals surface area contributed by atoms with Gasteiger partial charge in [-0.2, -0.15) is 0 Å². The summed E-state index contributed by atoms with van der Waals surface area (Å²) >= 11 is 0. The van der Waals surface area contributed by atoms with Gasteiger partial charge in [-0.05, 0) is 6.92 Å². The smallest absolute Gasteiger partial charge is 0.272 e. The van der Waals surface area contributed by atoms with Crippen molar-refractivity contribution in [2.75, 3.05) is 13.7 Å². The second-order valence-corrected chi connectivity index (χ2v) is 4.45. The van der Waals surface area contributed by atoms with Crippen LogP contribution in [0.25, 0.3) is 0 Å². The first-order chi connectivity index (χ1) is 9.83. The molecule has 0 amide bonds. The van der Waals surface area contributed by atoms with Gasteiger partial charge in [0.05, 0.1) is 0 Å². The van der Waals surface area contributed by atoms with Gasteiger partial charge in [0.1, 0.15) is 11.8 Å². The molecule has 0 saturated carbocycles. The average Bonchev–Trinajstić information content (AvgIpc) is 2.93. The number of rotatable bonds is 4. The second-order valence-electron chi connectivity index (χ2n) is 4.45. The Labute approximate surface area is 117 Å². The Kier molecular flexibility index (Phi) is 3.98. The van der Waals surface area contributed by atoms with Gasteiger partial charge in [0.2, 0.25) is 0 Å². The molecule has 4 atom stereocenters. The van der Waals surface area contributed by atoms with Crippen molar-refractivity contribution in [1.82, 2.24) is 0 Å². The Balaban J connectivity index is 1.88. The summed E-state index contributed by atoms with van der Waals surface area (Å²) in [7, 11) is 1.53. The zero-order valence-electron chi connectivity index (χ0n) is 11.4. The molecule has 0 aromatic heterocycles. The third kappa shape index (κ3) is 2.43. The summed E-state index contributed by atoms with van der Waals surface area (Å²) in [6.45, 7) is 1.66. The van der Waals surface area contributed by atoms with Crippen LogP contribution < -0.4 is 0 Å². The van der Waals surface area contributed by atoms with Gasteiger partial charge in [0, 0.05) is 19.3 Å². The van der Waals surface area contributed by atoms with E-state index in [0.29, 0.717) is 12.3 Å². The molecule has 1 fully saturated rings. The summed E-state index contributed by atoms with van der Waals surface area (Å²) in [4.78, 5) is 5.40. The molecule has 0 N–H and O–H groups in total. The van der Waals surface area contributed by atoms with Crippen LogP contribution in [0, 0.1) is 0 Å². The van der Waals surface area contributed by atoms with Crippen LogP contribution >= 0.6 is 0 Å². The van der Waals surface area contributed by atoms with Crippen LogP contribution in [0.1, 0.15) is 12.5 Å². The fraction of sp³-hybridized carbons (Fsp3) is 0.500. The van der Waals surface area contributed by atoms with E-state index in [4.69, 9.17) is 23.8 Å². The number of hydrogen-bond acceptors (Lipinski definition) is 6. The van der Waals surface area contributed by atoms with Crippen molar-refractivity contribution in [2.45, 2.75) is 31.9 Å². The summed E-state index contributed by atoms with van der Waals surface area (Å²) in [5.74, 6) is 0. The minimum absolute atomic E-state index is 0.368. The summed E-state index contributed by atoms with van der Waals surface area (Å²) in [5, 5.41) is 4.14. The van der Waals surface area contributed by atoms with Gasteiger partial charge in [-0.25, -0.2) is 0 Å². The largest absolute Gasteiger partial charge is 0.360 e. The molecule has 2 aliphatic rings. The van der Waals surface area contributed by atoms with E-state index in [9.17, 15) is 0 Å². The van der Waals surface area contributed by atoms with E-state index in [1.54, 1.807) is 0 Å². The maximum Gasteiger partial charge on any atom is 0.272 e. The highest BCUT2D eigenvalue weighted by Gasteiger charge is 2.49. The minimum Gasteiger partial charge on any atom is -0.360 e. The molecule has 0 spiro atoms. The first-order valence-electron chi connectivity index (χ1n) is 6.58. The quantitative estimate of drug-likeness (QED) is 0.836. The zero-order valence-corrected chi connectivity index (χ0v) is 11.4. The van der Waals surface area contributed by atoms with Gasteiger partial charge in [0.25, 0.3) is 12.8 Å². The van der Waals surface area contributed by atoms with E-state index < -0.39 is 18.9 Å². The number of ether oxygens (including phenoxy) is 4.